The molecule has 0 saturated heterocycles. The van der Waals surface area contributed by atoms with Gasteiger partial charge in [0.05, 0.1) is 11.4 Å². The number of carbonyl (C=O) groups excluding carboxylic acids is 1. The van der Waals surface area contributed by atoms with E-state index >= 15 is 0 Å². The van der Waals surface area contributed by atoms with E-state index < -0.39 is 15.9 Å². The van der Waals surface area contributed by atoms with Gasteiger partial charge >= 0.3 is 0 Å². The normalized spacial score (nSPS) is 11.5. The maximum Gasteiger partial charge on any atom is 0.243 e. The van der Waals surface area contributed by atoms with Crippen molar-refractivity contribution < 1.29 is 13.2 Å². The van der Waals surface area contributed by atoms with Crippen LogP contribution in [0.4, 0.5) is 5.69 Å². The highest BCUT2D eigenvalue weighted by atomic mass is 35.5. The number of amides is 1. The summed E-state index contributed by atoms with van der Waals surface area (Å²) in [6.07, 6.45) is 0.901. The Bertz CT molecular complexity index is 1140. The van der Waals surface area contributed by atoms with Crippen molar-refractivity contribution in [2.75, 3.05) is 11.9 Å². The zero-order valence-electron chi connectivity index (χ0n) is 17.5. The van der Waals surface area contributed by atoms with E-state index in [0.717, 1.165) is 23.1 Å². The topological polar surface area (TPSA) is 66.5 Å². The van der Waals surface area contributed by atoms with Crippen LogP contribution >= 0.6 is 11.6 Å². The number of sulfonamides is 1. The smallest absolute Gasteiger partial charge is 0.243 e. The summed E-state index contributed by atoms with van der Waals surface area (Å²) in [5, 5.41) is 3.23. The zero-order chi connectivity index (χ0) is 22.4. The zero-order valence-corrected chi connectivity index (χ0v) is 19.1. The molecule has 0 fully saturated rings. The largest absolute Gasteiger partial charge is 0.325 e. The minimum Gasteiger partial charge on any atom is -0.325 e. The van der Waals surface area contributed by atoms with Gasteiger partial charge in [0.15, 0.2) is 0 Å². The van der Waals surface area contributed by atoms with Crippen molar-refractivity contribution in [1.29, 1.82) is 0 Å². The van der Waals surface area contributed by atoms with Crippen LogP contribution in [0, 0.1) is 6.92 Å². The molecular weight excluding hydrogens is 432 g/mol. The van der Waals surface area contributed by atoms with Gasteiger partial charge in [-0.15, -0.1) is 0 Å². The minimum atomic E-state index is -3.92. The summed E-state index contributed by atoms with van der Waals surface area (Å²) in [5.74, 6) is -0.407. The summed E-state index contributed by atoms with van der Waals surface area (Å²) >= 11 is 5.92. The molecule has 3 aromatic carbocycles. The first-order valence-corrected chi connectivity index (χ1v) is 11.8. The lowest BCUT2D eigenvalue weighted by Crippen LogP contribution is -2.37. The number of hydrogen-bond acceptors (Lipinski definition) is 3. The van der Waals surface area contributed by atoms with E-state index in [2.05, 4.69) is 12.2 Å². The number of rotatable bonds is 8. The Morgan fingerprint density at radius 1 is 0.968 bits per heavy atom. The SMILES string of the molecule is CCc1ccc(NC(=O)CN(Cc2ccccc2C)S(=O)(=O)c2ccc(Cl)cc2)cc1. The van der Waals surface area contributed by atoms with Gasteiger partial charge in [0, 0.05) is 17.3 Å². The number of benzene rings is 3. The molecule has 0 aliphatic rings. The molecule has 0 atom stereocenters. The van der Waals surface area contributed by atoms with E-state index in [1.165, 1.54) is 28.6 Å². The number of nitrogens with one attached hydrogen (secondary N) is 1. The van der Waals surface area contributed by atoms with Crippen LogP contribution in [-0.2, 0) is 27.8 Å². The molecule has 0 unspecified atom stereocenters. The fraction of sp³-hybridized carbons (Fsp3) is 0.208. The molecule has 1 N–H and O–H groups in total. The van der Waals surface area contributed by atoms with Crippen LogP contribution in [0.25, 0.3) is 0 Å². The van der Waals surface area contributed by atoms with Crippen LogP contribution in [0.3, 0.4) is 0 Å². The van der Waals surface area contributed by atoms with E-state index in [0.29, 0.717) is 10.7 Å². The highest BCUT2D eigenvalue weighted by molar-refractivity contribution is 7.89. The van der Waals surface area contributed by atoms with Crippen molar-refractivity contribution in [1.82, 2.24) is 4.31 Å². The van der Waals surface area contributed by atoms with Crippen LogP contribution in [0.2, 0.25) is 5.02 Å². The summed E-state index contributed by atoms with van der Waals surface area (Å²) in [4.78, 5) is 12.8. The quantitative estimate of drug-likeness (QED) is 0.516. The van der Waals surface area contributed by atoms with Crippen LogP contribution < -0.4 is 5.32 Å². The van der Waals surface area contributed by atoms with E-state index in [9.17, 15) is 13.2 Å². The fourth-order valence-electron chi connectivity index (χ4n) is 3.14. The van der Waals surface area contributed by atoms with Crippen molar-refractivity contribution in [3.63, 3.8) is 0 Å². The van der Waals surface area contributed by atoms with Gasteiger partial charge in [-0.25, -0.2) is 8.42 Å². The first kappa shape index (κ1) is 23.0. The molecule has 0 saturated carbocycles. The van der Waals surface area contributed by atoms with Crippen LogP contribution in [0.1, 0.15) is 23.6 Å². The molecule has 0 aliphatic heterocycles. The minimum absolute atomic E-state index is 0.0832. The first-order valence-electron chi connectivity index (χ1n) is 9.98. The molecule has 0 radical (unpaired) electrons. The van der Waals surface area contributed by atoms with Gasteiger partial charge in [-0.1, -0.05) is 54.9 Å². The Morgan fingerprint density at radius 2 is 1.61 bits per heavy atom. The molecule has 1 amide bonds. The van der Waals surface area contributed by atoms with Gasteiger partial charge < -0.3 is 5.32 Å². The molecule has 5 nitrogen and oxygen atoms in total. The van der Waals surface area contributed by atoms with Crippen LogP contribution in [-0.4, -0.2) is 25.2 Å². The van der Waals surface area contributed by atoms with Gasteiger partial charge in [0.1, 0.15) is 0 Å². The van der Waals surface area contributed by atoms with Crippen molar-refractivity contribution in [2.45, 2.75) is 31.7 Å². The lowest BCUT2D eigenvalue weighted by Gasteiger charge is -2.23. The number of anilines is 1. The Kier molecular flexibility index (Phi) is 7.49. The highest BCUT2D eigenvalue weighted by Crippen LogP contribution is 2.22. The molecule has 3 rings (SSSR count). The van der Waals surface area contributed by atoms with Crippen molar-refractivity contribution in [2.24, 2.45) is 0 Å². The van der Waals surface area contributed by atoms with Gasteiger partial charge in [-0.2, -0.15) is 4.31 Å². The van der Waals surface area contributed by atoms with Gasteiger partial charge in [-0.3, -0.25) is 4.79 Å². The summed E-state index contributed by atoms with van der Waals surface area (Å²) in [6.45, 7) is 3.74. The number of hydrogen-bond donors (Lipinski definition) is 1. The highest BCUT2D eigenvalue weighted by Gasteiger charge is 2.27. The predicted octanol–water partition coefficient (Wildman–Crippen LogP) is 5.04. The van der Waals surface area contributed by atoms with Crippen molar-refractivity contribution in [3.8, 4) is 0 Å². The average Bonchev–Trinajstić information content (AvgIpc) is 2.75. The molecule has 162 valence electrons. The second-order valence-electron chi connectivity index (χ2n) is 7.25. The van der Waals surface area contributed by atoms with E-state index in [1.54, 1.807) is 0 Å². The molecule has 0 spiro atoms. The number of aryl methyl sites for hydroxylation is 2. The van der Waals surface area contributed by atoms with E-state index in [4.69, 9.17) is 11.6 Å². The molecule has 0 heterocycles. The molecule has 0 aromatic heterocycles. The second-order valence-corrected chi connectivity index (χ2v) is 9.63. The van der Waals surface area contributed by atoms with Crippen molar-refractivity contribution >= 4 is 33.2 Å². The third-order valence-corrected chi connectivity index (χ3v) is 7.08. The maximum atomic E-state index is 13.3. The molecular formula is C24H25ClN2O3S. The Morgan fingerprint density at radius 3 is 2.23 bits per heavy atom. The van der Waals surface area contributed by atoms with Gasteiger partial charge in [0.2, 0.25) is 15.9 Å². The van der Waals surface area contributed by atoms with Crippen molar-refractivity contribution in [3.05, 3.63) is 94.5 Å². The van der Waals surface area contributed by atoms with E-state index in [1.807, 2.05) is 55.5 Å². The Hall–Kier alpha value is -2.67. The third kappa shape index (κ3) is 5.94. The van der Waals surface area contributed by atoms with Crippen LogP contribution in [0.5, 0.6) is 0 Å². The standard InChI is InChI=1S/C24H25ClN2O3S/c1-3-19-8-12-22(13-9-19)26-24(28)17-27(16-20-7-5-4-6-18(20)2)31(29,30)23-14-10-21(25)11-15-23/h4-15H,3,16-17H2,1-2H3,(H,26,28). The summed E-state index contributed by atoms with van der Waals surface area (Å²) in [7, 11) is -3.92. The lowest BCUT2D eigenvalue weighted by molar-refractivity contribution is -0.116. The van der Waals surface area contributed by atoms with E-state index in [-0.39, 0.29) is 18.0 Å². The Balaban J connectivity index is 1.86. The van der Waals surface area contributed by atoms with Crippen LogP contribution in [0.15, 0.2) is 77.7 Å². The predicted molar refractivity (Wildman–Crippen MR) is 125 cm³/mol. The molecule has 0 aliphatic carbocycles. The second kappa shape index (κ2) is 10.1. The molecule has 31 heavy (non-hydrogen) atoms. The monoisotopic (exact) mass is 456 g/mol. The lowest BCUT2D eigenvalue weighted by atomic mass is 10.1. The molecule has 0 bridgehead atoms. The average molecular weight is 457 g/mol. The van der Waals surface area contributed by atoms with Gasteiger partial charge in [-0.05, 0) is 66.4 Å². The molecule has 3 aromatic rings. The third-order valence-electron chi connectivity index (χ3n) is 5.03. The van der Waals surface area contributed by atoms with Gasteiger partial charge in [0.25, 0.3) is 0 Å². The summed E-state index contributed by atoms with van der Waals surface area (Å²) in [5.41, 5.74) is 3.57. The first-order chi connectivity index (χ1) is 14.8. The Labute approximate surface area is 188 Å². The summed E-state index contributed by atoms with van der Waals surface area (Å²) < 4.78 is 27.9. The number of nitrogens with zero attached hydrogens (tertiary/aromatic N) is 1. The summed E-state index contributed by atoms with van der Waals surface area (Å²) in [6, 6.07) is 21.0. The maximum absolute atomic E-state index is 13.3. The number of carbonyl (C=O) groups is 1. The number of halogens is 1. The fourth-order valence-corrected chi connectivity index (χ4v) is 4.64. The molecule has 7 heteroatoms.